The Labute approximate surface area is 220 Å². The zero-order chi connectivity index (χ0) is 26.1. The molecule has 6 heteroatoms. The molecule has 0 N–H and O–H groups in total. The molecular formula is C31H40FNO4. The molecule has 37 heavy (non-hydrogen) atoms. The normalized spacial score (nSPS) is 18.2. The lowest BCUT2D eigenvalue weighted by Gasteiger charge is -2.36. The van der Waals surface area contributed by atoms with Gasteiger partial charge in [-0.05, 0) is 110 Å². The minimum atomic E-state index is -0.325. The average Bonchev–Trinajstić information content (AvgIpc) is 2.90. The maximum atomic E-state index is 15.4. The van der Waals surface area contributed by atoms with Gasteiger partial charge in [-0.3, -0.25) is 9.63 Å². The zero-order valence-electron chi connectivity index (χ0n) is 22.8. The molecule has 1 saturated carbocycles. The lowest BCUT2D eigenvalue weighted by molar-refractivity contribution is -0.213. The minimum absolute atomic E-state index is 0.181. The van der Waals surface area contributed by atoms with Crippen molar-refractivity contribution in [3.8, 4) is 16.9 Å². The van der Waals surface area contributed by atoms with E-state index in [4.69, 9.17) is 14.3 Å². The van der Waals surface area contributed by atoms with Crippen molar-refractivity contribution in [1.29, 1.82) is 0 Å². The molecule has 0 spiro atoms. The predicted molar refractivity (Wildman–Crippen MR) is 142 cm³/mol. The zero-order valence-corrected chi connectivity index (χ0v) is 22.8. The Balaban J connectivity index is 1.61. The Kier molecular flexibility index (Phi) is 7.87. The average molecular weight is 510 g/mol. The molecule has 3 aliphatic rings. The molecule has 2 heterocycles. The van der Waals surface area contributed by atoms with E-state index >= 15 is 4.39 Å². The molecule has 200 valence electrons. The van der Waals surface area contributed by atoms with E-state index in [9.17, 15) is 4.79 Å². The standard InChI is InChI=1S/C31H40FNO4/c1-5-35-29(34)17-26-19(2)23-13-14-33(37-22-10-7-6-8-11-22)18-27(23)21(4)30(26)25-16-28(32)31-24(20(25)3)12-9-15-36-31/h16,22H,5-15,17-18H2,1-4H3. The van der Waals surface area contributed by atoms with E-state index < -0.39 is 0 Å². The van der Waals surface area contributed by atoms with Crippen LogP contribution in [-0.4, -0.2) is 36.9 Å². The summed E-state index contributed by atoms with van der Waals surface area (Å²) in [5, 5.41) is 2.13. The molecule has 0 unspecified atom stereocenters. The Morgan fingerprint density at radius 2 is 1.81 bits per heavy atom. The molecule has 0 atom stereocenters. The highest BCUT2D eigenvalue weighted by Crippen LogP contribution is 2.43. The fourth-order valence-electron chi connectivity index (χ4n) is 6.57. The van der Waals surface area contributed by atoms with E-state index in [-0.39, 0.29) is 18.2 Å². The number of esters is 1. The van der Waals surface area contributed by atoms with Crippen LogP contribution in [0.3, 0.4) is 0 Å². The number of benzene rings is 2. The van der Waals surface area contributed by atoms with Crippen LogP contribution in [0.5, 0.6) is 5.75 Å². The first-order chi connectivity index (χ1) is 17.9. The Morgan fingerprint density at radius 3 is 2.57 bits per heavy atom. The first-order valence-electron chi connectivity index (χ1n) is 14.0. The third kappa shape index (κ3) is 5.15. The first kappa shape index (κ1) is 26.2. The van der Waals surface area contributed by atoms with Gasteiger partial charge in [-0.25, -0.2) is 4.39 Å². The van der Waals surface area contributed by atoms with E-state index in [2.05, 4.69) is 25.8 Å². The molecule has 0 aromatic heterocycles. The molecule has 2 aliphatic heterocycles. The van der Waals surface area contributed by atoms with Gasteiger partial charge in [-0.2, -0.15) is 5.06 Å². The van der Waals surface area contributed by atoms with Gasteiger partial charge in [0, 0.05) is 18.7 Å². The van der Waals surface area contributed by atoms with Crippen molar-refractivity contribution >= 4 is 5.97 Å². The van der Waals surface area contributed by atoms with Crippen molar-refractivity contribution in [2.75, 3.05) is 19.8 Å². The predicted octanol–water partition coefficient (Wildman–Crippen LogP) is 6.47. The highest BCUT2D eigenvalue weighted by Gasteiger charge is 2.30. The fourth-order valence-corrected chi connectivity index (χ4v) is 6.57. The Bertz CT molecular complexity index is 1180. The second-order valence-corrected chi connectivity index (χ2v) is 10.8. The monoisotopic (exact) mass is 509 g/mol. The van der Waals surface area contributed by atoms with E-state index in [0.717, 1.165) is 77.6 Å². The van der Waals surface area contributed by atoms with Gasteiger partial charge in [-0.1, -0.05) is 19.3 Å². The lowest BCUT2D eigenvalue weighted by atomic mass is 9.79. The van der Waals surface area contributed by atoms with Crippen LogP contribution in [0.1, 0.15) is 84.4 Å². The van der Waals surface area contributed by atoms with Crippen molar-refractivity contribution in [2.24, 2.45) is 0 Å². The van der Waals surface area contributed by atoms with E-state index in [1.165, 1.54) is 30.4 Å². The van der Waals surface area contributed by atoms with Gasteiger partial charge in [0.1, 0.15) is 0 Å². The van der Waals surface area contributed by atoms with Crippen molar-refractivity contribution in [3.63, 3.8) is 0 Å². The van der Waals surface area contributed by atoms with Gasteiger partial charge in [0.15, 0.2) is 11.6 Å². The van der Waals surface area contributed by atoms with Crippen LogP contribution < -0.4 is 4.74 Å². The molecule has 0 amide bonds. The quantitative estimate of drug-likeness (QED) is 0.418. The summed E-state index contributed by atoms with van der Waals surface area (Å²) in [6.07, 6.45) is 9.06. The van der Waals surface area contributed by atoms with Gasteiger partial charge >= 0.3 is 5.97 Å². The number of carbonyl (C=O) groups excluding carboxylic acids is 1. The van der Waals surface area contributed by atoms with Crippen molar-refractivity contribution in [3.05, 3.63) is 50.8 Å². The van der Waals surface area contributed by atoms with Gasteiger partial charge in [0.05, 0.1) is 25.7 Å². The van der Waals surface area contributed by atoms with Crippen molar-refractivity contribution in [2.45, 2.75) is 98.1 Å². The first-order valence-corrected chi connectivity index (χ1v) is 14.0. The fraction of sp³-hybridized carbons (Fsp3) is 0.581. The molecule has 5 nitrogen and oxygen atoms in total. The third-order valence-corrected chi connectivity index (χ3v) is 8.53. The maximum absolute atomic E-state index is 15.4. The Hall–Kier alpha value is -2.44. The summed E-state index contributed by atoms with van der Waals surface area (Å²) in [4.78, 5) is 19.2. The molecular weight excluding hydrogens is 469 g/mol. The summed E-state index contributed by atoms with van der Waals surface area (Å²) in [5.41, 5.74) is 9.53. The molecule has 2 aromatic carbocycles. The van der Waals surface area contributed by atoms with Gasteiger partial charge < -0.3 is 9.47 Å². The third-order valence-electron chi connectivity index (χ3n) is 8.53. The van der Waals surface area contributed by atoms with Crippen LogP contribution in [0.4, 0.5) is 4.39 Å². The lowest BCUT2D eigenvalue weighted by Crippen LogP contribution is -2.36. The number of hydrogen-bond donors (Lipinski definition) is 0. The molecule has 0 saturated heterocycles. The number of rotatable bonds is 6. The summed E-state index contributed by atoms with van der Waals surface area (Å²) in [7, 11) is 0. The van der Waals surface area contributed by atoms with Gasteiger partial charge in [0.2, 0.25) is 0 Å². The topological polar surface area (TPSA) is 48.0 Å². The largest absolute Gasteiger partial charge is 0.490 e. The highest BCUT2D eigenvalue weighted by molar-refractivity contribution is 5.84. The number of carbonyl (C=O) groups is 1. The number of fused-ring (bicyclic) bond motifs is 2. The summed E-state index contributed by atoms with van der Waals surface area (Å²) >= 11 is 0. The number of nitrogens with zero attached hydrogens (tertiary/aromatic N) is 1. The second-order valence-electron chi connectivity index (χ2n) is 10.8. The van der Waals surface area contributed by atoms with Gasteiger partial charge in [-0.15, -0.1) is 0 Å². The molecule has 2 aromatic rings. The van der Waals surface area contributed by atoms with E-state index in [1.54, 1.807) is 6.07 Å². The van der Waals surface area contributed by atoms with Crippen LogP contribution >= 0.6 is 0 Å². The summed E-state index contributed by atoms with van der Waals surface area (Å²) < 4.78 is 26.4. The molecule has 0 radical (unpaired) electrons. The number of hydroxylamine groups is 2. The maximum Gasteiger partial charge on any atom is 0.310 e. The van der Waals surface area contributed by atoms with Crippen molar-refractivity contribution < 1.29 is 23.5 Å². The number of ether oxygens (including phenoxy) is 2. The summed E-state index contributed by atoms with van der Waals surface area (Å²) in [6.45, 7) is 10.6. The molecule has 5 rings (SSSR count). The van der Waals surface area contributed by atoms with Crippen LogP contribution in [-0.2, 0) is 40.2 Å². The number of halogens is 1. The Morgan fingerprint density at radius 1 is 1.03 bits per heavy atom. The summed E-state index contributed by atoms with van der Waals surface area (Å²) in [6, 6.07) is 1.61. The van der Waals surface area contributed by atoms with E-state index in [1.807, 2.05) is 6.92 Å². The molecule has 1 fully saturated rings. The van der Waals surface area contributed by atoms with Crippen LogP contribution in [0.15, 0.2) is 6.07 Å². The SMILES string of the molecule is CCOC(=O)Cc1c(C)c2c(c(C)c1-c1cc(F)c3c(c1C)CCCO3)CN(OC1CCCCC1)CC2. The van der Waals surface area contributed by atoms with Crippen LogP contribution in [0, 0.1) is 26.6 Å². The number of hydrogen-bond acceptors (Lipinski definition) is 5. The van der Waals surface area contributed by atoms with Crippen LogP contribution in [0.25, 0.3) is 11.1 Å². The van der Waals surface area contributed by atoms with E-state index in [0.29, 0.717) is 31.6 Å². The van der Waals surface area contributed by atoms with Crippen LogP contribution in [0.2, 0.25) is 0 Å². The smallest absolute Gasteiger partial charge is 0.310 e. The molecule has 1 aliphatic carbocycles. The molecule has 0 bridgehead atoms. The van der Waals surface area contributed by atoms with Gasteiger partial charge in [0.25, 0.3) is 0 Å². The second kappa shape index (κ2) is 11.1. The van der Waals surface area contributed by atoms with Crippen molar-refractivity contribution in [1.82, 2.24) is 5.06 Å². The highest BCUT2D eigenvalue weighted by atomic mass is 19.1. The minimum Gasteiger partial charge on any atom is -0.490 e. The summed E-state index contributed by atoms with van der Waals surface area (Å²) in [5.74, 6) is -0.183.